The molecule has 0 saturated heterocycles. The van der Waals surface area contributed by atoms with Crippen LogP contribution in [0.5, 0.6) is 0 Å². The van der Waals surface area contributed by atoms with Crippen LogP contribution in [-0.4, -0.2) is 34.6 Å². The van der Waals surface area contributed by atoms with Crippen molar-refractivity contribution >= 4 is 29.0 Å². The first-order valence-electron chi connectivity index (χ1n) is 8.54. The highest BCUT2D eigenvalue weighted by Gasteiger charge is 2.21. The van der Waals surface area contributed by atoms with E-state index in [4.69, 9.17) is 16.0 Å². The van der Waals surface area contributed by atoms with E-state index in [-0.39, 0.29) is 5.65 Å². The standard InChI is InChI=1S/C18H10ClF2N7OS/c19-10-3-5-11(6-4-10)27-16(12-2-1-9-29-12)23-25-18(27)30-14-8-7-13-22-24-17(15(20)21)28(13)26-14/h1-9,15H. The normalized spacial score (nSPS) is 11.6. The Kier molecular flexibility index (Phi) is 4.68. The van der Waals surface area contributed by atoms with E-state index < -0.39 is 12.2 Å². The maximum absolute atomic E-state index is 13.1. The fourth-order valence-corrected chi connectivity index (χ4v) is 3.73. The zero-order valence-corrected chi connectivity index (χ0v) is 16.4. The molecule has 0 radical (unpaired) electrons. The van der Waals surface area contributed by atoms with Crippen LogP contribution in [0.15, 0.2) is 69.4 Å². The Bertz CT molecular complexity index is 1320. The van der Waals surface area contributed by atoms with Gasteiger partial charge in [0.05, 0.1) is 6.26 Å². The zero-order chi connectivity index (χ0) is 20.7. The van der Waals surface area contributed by atoms with Crippen molar-refractivity contribution < 1.29 is 13.2 Å². The predicted octanol–water partition coefficient (Wildman–Crippen LogP) is 4.71. The molecule has 4 aromatic heterocycles. The van der Waals surface area contributed by atoms with Crippen LogP contribution in [-0.2, 0) is 0 Å². The molecule has 150 valence electrons. The number of hydrogen-bond donors (Lipinski definition) is 0. The Labute approximate surface area is 176 Å². The van der Waals surface area contributed by atoms with Gasteiger partial charge in [-0.05, 0) is 60.3 Å². The summed E-state index contributed by atoms with van der Waals surface area (Å²) in [5.41, 5.74) is 0.974. The van der Waals surface area contributed by atoms with Crippen molar-refractivity contribution in [3.63, 3.8) is 0 Å². The van der Waals surface area contributed by atoms with Gasteiger partial charge in [0.15, 0.2) is 11.4 Å². The summed E-state index contributed by atoms with van der Waals surface area (Å²) in [6.07, 6.45) is -1.26. The van der Waals surface area contributed by atoms with Crippen LogP contribution in [0.25, 0.3) is 22.9 Å². The molecular weight excluding hydrogens is 436 g/mol. The number of fused-ring (bicyclic) bond motifs is 1. The number of rotatable bonds is 5. The molecule has 0 N–H and O–H groups in total. The number of nitrogens with zero attached hydrogens (tertiary/aromatic N) is 7. The molecule has 1 aromatic carbocycles. The summed E-state index contributed by atoms with van der Waals surface area (Å²) < 4.78 is 34.6. The van der Waals surface area contributed by atoms with Gasteiger partial charge in [-0.1, -0.05) is 11.6 Å². The lowest BCUT2D eigenvalue weighted by molar-refractivity contribution is 0.137. The molecule has 5 aromatic rings. The van der Waals surface area contributed by atoms with Gasteiger partial charge in [-0.2, -0.15) is 9.61 Å². The Hall–Kier alpha value is -3.31. The smallest absolute Gasteiger partial charge is 0.299 e. The minimum Gasteiger partial charge on any atom is -0.461 e. The zero-order valence-electron chi connectivity index (χ0n) is 14.9. The van der Waals surface area contributed by atoms with Crippen molar-refractivity contribution in [2.24, 2.45) is 0 Å². The molecule has 12 heteroatoms. The lowest BCUT2D eigenvalue weighted by Gasteiger charge is -2.09. The number of halogens is 3. The Morgan fingerprint density at radius 1 is 0.967 bits per heavy atom. The largest absolute Gasteiger partial charge is 0.461 e. The van der Waals surface area contributed by atoms with Crippen molar-refractivity contribution in [1.29, 1.82) is 0 Å². The van der Waals surface area contributed by atoms with Gasteiger partial charge in [0, 0.05) is 10.7 Å². The molecule has 8 nitrogen and oxygen atoms in total. The molecule has 5 rings (SSSR count). The van der Waals surface area contributed by atoms with Gasteiger partial charge in [0.2, 0.25) is 16.8 Å². The molecule has 0 unspecified atom stereocenters. The maximum atomic E-state index is 13.1. The van der Waals surface area contributed by atoms with Gasteiger partial charge in [-0.25, -0.2) is 8.78 Å². The molecule has 0 amide bonds. The quantitative estimate of drug-likeness (QED) is 0.387. The van der Waals surface area contributed by atoms with E-state index in [1.807, 2.05) is 12.1 Å². The lowest BCUT2D eigenvalue weighted by atomic mass is 10.3. The molecule has 0 aliphatic carbocycles. The monoisotopic (exact) mass is 445 g/mol. The van der Waals surface area contributed by atoms with Gasteiger partial charge in [0.25, 0.3) is 6.43 Å². The third-order valence-corrected chi connectivity index (χ3v) is 5.24. The summed E-state index contributed by atoms with van der Waals surface area (Å²) in [6.45, 7) is 0. The highest BCUT2D eigenvalue weighted by atomic mass is 35.5. The molecule has 0 bridgehead atoms. The van der Waals surface area contributed by atoms with Gasteiger partial charge < -0.3 is 4.42 Å². The Morgan fingerprint density at radius 2 is 1.80 bits per heavy atom. The van der Waals surface area contributed by atoms with Crippen LogP contribution >= 0.6 is 23.4 Å². The van der Waals surface area contributed by atoms with Crippen molar-refractivity contribution in [3.05, 3.63) is 65.6 Å². The van der Waals surface area contributed by atoms with Crippen LogP contribution < -0.4 is 0 Å². The third-order valence-electron chi connectivity index (χ3n) is 4.11. The van der Waals surface area contributed by atoms with Crippen LogP contribution in [0, 0.1) is 0 Å². The maximum Gasteiger partial charge on any atom is 0.299 e. The third kappa shape index (κ3) is 3.31. The van der Waals surface area contributed by atoms with Crippen molar-refractivity contribution in [3.8, 4) is 17.3 Å². The average Bonchev–Trinajstić information content (AvgIpc) is 3.48. The molecule has 30 heavy (non-hydrogen) atoms. The molecule has 0 saturated carbocycles. The summed E-state index contributed by atoms with van der Waals surface area (Å²) in [4.78, 5) is 0. The number of benzene rings is 1. The van der Waals surface area contributed by atoms with E-state index in [1.54, 1.807) is 41.0 Å². The van der Waals surface area contributed by atoms with Crippen LogP contribution in [0.2, 0.25) is 5.02 Å². The molecule has 0 aliphatic heterocycles. The fourth-order valence-electron chi connectivity index (χ4n) is 2.80. The van der Waals surface area contributed by atoms with Crippen molar-refractivity contribution in [2.75, 3.05) is 0 Å². The van der Waals surface area contributed by atoms with E-state index in [0.717, 1.165) is 22.0 Å². The molecule has 0 atom stereocenters. The van der Waals surface area contributed by atoms with Crippen LogP contribution in [0.4, 0.5) is 8.78 Å². The second-order valence-corrected chi connectivity index (χ2v) is 7.42. The topological polar surface area (TPSA) is 86.9 Å². The minimum absolute atomic E-state index is 0.227. The minimum atomic E-state index is -2.80. The average molecular weight is 446 g/mol. The molecule has 0 aliphatic rings. The van der Waals surface area contributed by atoms with Gasteiger partial charge in [-0.3, -0.25) is 4.57 Å². The van der Waals surface area contributed by atoms with E-state index in [1.165, 1.54) is 6.26 Å². The molecule has 4 heterocycles. The van der Waals surface area contributed by atoms with E-state index in [0.29, 0.717) is 26.8 Å². The summed E-state index contributed by atoms with van der Waals surface area (Å²) in [7, 11) is 0. The van der Waals surface area contributed by atoms with Crippen LogP contribution in [0.1, 0.15) is 12.2 Å². The van der Waals surface area contributed by atoms with E-state index in [9.17, 15) is 8.78 Å². The van der Waals surface area contributed by atoms with Gasteiger partial charge in [0.1, 0.15) is 5.03 Å². The van der Waals surface area contributed by atoms with Crippen molar-refractivity contribution in [1.82, 2.24) is 34.6 Å². The van der Waals surface area contributed by atoms with Crippen molar-refractivity contribution in [2.45, 2.75) is 16.6 Å². The summed E-state index contributed by atoms with van der Waals surface area (Å²) in [5, 5.41) is 21.4. The number of aromatic nitrogens is 7. The second kappa shape index (κ2) is 7.50. The first-order chi connectivity index (χ1) is 14.6. The molecular formula is C18H10ClF2N7OS. The molecule has 0 fully saturated rings. The SMILES string of the molecule is FC(F)c1nnc2ccc(Sc3nnc(-c4ccco4)n3-c3ccc(Cl)cc3)nn12. The number of furan rings is 1. The van der Waals surface area contributed by atoms with Gasteiger partial charge >= 0.3 is 0 Å². The van der Waals surface area contributed by atoms with E-state index >= 15 is 0 Å². The second-order valence-electron chi connectivity index (χ2n) is 6.00. The number of alkyl halides is 2. The first-order valence-corrected chi connectivity index (χ1v) is 9.73. The Balaban J connectivity index is 1.60. The fraction of sp³-hybridized carbons (Fsp3) is 0.0556. The predicted molar refractivity (Wildman–Crippen MR) is 104 cm³/mol. The highest BCUT2D eigenvalue weighted by molar-refractivity contribution is 7.99. The van der Waals surface area contributed by atoms with E-state index in [2.05, 4.69) is 25.5 Å². The molecule has 0 spiro atoms. The first kappa shape index (κ1) is 18.7. The Morgan fingerprint density at radius 3 is 2.53 bits per heavy atom. The summed E-state index contributed by atoms with van der Waals surface area (Å²) in [6, 6.07) is 13.8. The van der Waals surface area contributed by atoms with Gasteiger partial charge in [-0.15, -0.1) is 20.4 Å². The lowest BCUT2D eigenvalue weighted by Crippen LogP contribution is -2.02. The highest BCUT2D eigenvalue weighted by Crippen LogP contribution is 2.32. The van der Waals surface area contributed by atoms with Crippen LogP contribution in [0.3, 0.4) is 0 Å². The number of hydrogen-bond acceptors (Lipinski definition) is 7. The summed E-state index contributed by atoms with van der Waals surface area (Å²) in [5.74, 6) is 0.470. The summed E-state index contributed by atoms with van der Waals surface area (Å²) >= 11 is 7.17.